The van der Waals surface area contributed by atoms with Crippen LogP contribution in [0, 0.1) is 10.1 Å². The quantitative estimate of drug-likeness (QED) is 0.356. The topological polar surface area (TPSA) is 91.8 Å². The van der Waals surface area contributed by atoms with E-state index in [9.17, 15) is 14.9 Å². The van der Waals surface area contributed by atoms with Crippen LogP contribution in [0.25, 0.3) is 11.0 Å². The minimum absolute atomic E-state index is 0.00521. The van der Waals surface area contributed by atoms with Crippen molar-refractivity contribution >= 4 is 28.3 Å². The molecule has 1 aliphatic rings. The van der Waals surface area contributed by atoms with E-state index in [0.717, 1.165) is 35.8 Å². The molecule has 0 amide bonds. The van der Waals surface area contributed by atoms with E-state index >= 15 is 0 Å². The first kappa shape index (κ1) is 18.3. The van der Waals surface area contributed by atoms with Gasteiger partial charge in [-0.2, -0.15) is 0 Å². The first-order valence-corrected chi connectivity index (χ1v) is 9.08. The van der Waals surface area contributed by atoms with Gasteiger partial charge >= 0.3 is 5.63 Å². The van der Waals surface area contributed by atoms with Crippen molar-refractivity contribution in [2.75, 3.05) is 7.11 Å². The van der Waals surface area contributed by atoms with Gasteiger partial charge in [0, 0.05) is 34.7 Å². The molecule has 0 atom stereocenters. The van der Waals surface area contributed by atoms with Crippen molar-refractivity contribution in [3.8, 4) is 11.5 Å². The van der Waals surface area contributed by atoms with Crippen molar-refractivity contribution in [1.82, 2.24) is 0 Å². The van der Waals surface area contributed by atoms with E-state index in [1.54, 1.807) is 12.1 Å². The Labute approximate surface area is 164 Å². The van der Waals surface area contributed by atoms with E-state index in [2.05, 4.69) is 0 Å². The summed E-state index contributed by atoms with van der Waals surface area (Å²) in [4.78, 5) is 22.7. The molecule has 4 rings (SSSR count). The van der Waals surface area contributed by atoms with E-state index in [1.807, 2.05) is 0 Å². The van der Waals surface area contributed by atoms with Crippen molar-refractivity contribution in [1.29, 1.82) is 0 Å². The lowest BCUT2D eigenvalue weighted by Crippen LogP contribution is -2.07. The van der Waals surface area contributed by atoms with Crippen LogP contribution < -0.4 is 15.1 Å². The number of ether oxygens (including phenoxy) is 2. The fourth-order valence-electron chi connectivity index (χ4n) is 3.54. The molecule has 0 bridgehead atoms. The molecule has 2 aromatic carbocycles. The smallest absolute Gasteiger partial charge is 0.339 e. The second-order valence-electron chi connectivity index (χ2n) is 6.52. The van der Waals surface area contributed by atoms with Crippen molar-refractivity contribution in [3.63, 3.8) is 0 Å². The zero-order valence-corrected chi connectivity index (χ0v) is 15.7. The van der Waals surface area contributed by atoms with Gasteiger partial charge < -0.3 is 13.9 Å². The number of hydrogen-bond donors (Lipinski definition) is 0. The van der Waals surface area contributed by atoms with Gasteiger partial charge in [-0.15, -0.1) is 0 Å². The normalized spacial score (nSPS) is 12.8. The molecule has 3 aromatic rings. The van der Waals surface area contributed by atoms with Gasteiger partial charge in [0.1, 0.15) is 23.7 Å². The number of fused-ring (bicyclic) bond motifs is 3. The fraction of sp³-hybridized carbons (Fsp3) is 0.250. The number of aryl methyl sites for hydroxylation is 1. The number of nitrogens with zero attached hydrogens (tertiary/aromatic N) is 1. The van der Waals surface area contributed by atoms with Crippen LogP contribution in [0.2, 0.25) is 5.02 Å². The largest absolute Gasteiger partial charge is 0.496 e. The molecule has 0 fully saturated rings. The van der Waals surface area contributed by atoms with Gasteiger partial charge in [-0.05, 0) is 37.0 Å². The Bertz CT molecular complexity index is 1150. The number of hydrogen-bond acceptors (Lipinski definition) is 6. The molecule has 0 saturated heterocycles. The highest BCUT2D eigenvalue weighted by Crippen LogP contribution is 2.35. The summed E-state index contributed by atoms with van der Waals surface area (Å²) in [5.74, 6) is 0.788. The molecule has 0 spiro atoms. The minimum atomic E-state index is -0.485. The molecule has 144 valence electrons. The second kappa shape index (κ2) is 7.16. The summed E-state index contributed by atoms with van der Waals surface area (Å²) in [6.45, 7) is 0.00521. The van der Waals surface area contributed by atoms with Crippen molar-refractivity contribution in [2.45, 2.75) is 25.9 Å². The average molecular weight is 402 g/mol. The first-order chi connectivity index (χ1) is 13.5. The number of benzene rings is 2. The molecule has 1 aliphatic carbocycles. The predicted octanol–water partition coefficient (Wildman–Crippen LogP) is 4.43. The molecular formula is C20H16ClNO6. The minimum Gasteiger partial charge on any atom is -0.496 e. The van der Waals surface area contributed by atoms with Gasteiger partial charge in [0.15, 0.2) is 0 Å². The van der Waals surface area contributed by atoms with Gasteiger partial charge in [0.2, 0.25) is 0 Å². The van der Waals surface area contributed by atoms with Crippen LogP contribution in [-0.4, -0.2) is 12.0 Å². The standard InChI is InChI=1S/C20H16ClNO6/c1-26-17-6-5-12(22(24)25)7-11(17)10-27-19-9-18-15(8-16(19)21)13-3-2-4-14(13)20(23)28-18/h5-9H,2-4,10H2,1H3. The Kier molecular flexibility index (Phi) is 4.68. The highest BCUT2D eigenvalue weighted by molar-refractivity contribution is 6.32. The SMILES string of the molecule is COc1ccc([N+](=O)[O-])cc1COc1cc2oc(=O)c3c(c2cc1Cl)CCC3. The Hall–Kier alpha value is -3.06. The molecule has 28 heavy (non-hydrogen) atoms. The highest BCUT2D eigenvalue weighted by Gasteiger charge is 2.21. The van der Waals surface area contributed by atoms with Gasteiger partial charge in [-0.1, -0.05) is 11.6 Å². The average Bonchev–Trinajstić information content (AvgIpc) is 3.17. The number of nitro benzene ring substituents is 1. The van der Waals surface area contributed by atoms with Crippen LogP contribution in [0.15, 0.2) is 39.5 Å². The highest BCUT2D eigenvalue weighted by atomic mass is 35.5. The van der Waals surface area contributed by atoms with Crippen molar-refractivity contribution in [2.24, 2.45) is 0 Å². The Morgan fingerprint density at radius 2 is 1.96 bits per heavy atom. The number of nitro groups is 1. The monoisotopic (exact) mass is 401 g/mol. The molecule has 0 unspecified atom stereocenters. The Morgan fingerprint density at radius 1 is 1.18 bits per heavy atom. The van der Waals surface area contributed by atoms with Gasteiger partial charge in [0.05, 0.1) is 17.1 Å². The van der Waals surface area contributed by atoms with E-state index < -0.39 is 4.92 Å². The second-order valence-corrected chi connectivity index (χ2v) is 6.93. The fourth-order valence-corrected chi connectivity index (χ4v) is 3.76. The predicted molar refractivity (Wildman–Crippen MR) is 103 cm³/mol. The lowest BCUT2D eigenvalue weighted by Gasteiger charge is -2.12. The maximum Gasteiger partial charge on any atom is 0.339 e. The van der Waals surface area contributed by atoms with E-state index in [1.165, 1.54) is 25.3 Å². The molecule has 8 heteroatoms. The zero-order chi connectivity index (χ0) is 19.8. The Morgan fingerprint density at radius 3 is 2.71 bits per heavy atom. The molecule has 0 saturated carbocycles. The van der Waals surface area contributed by atoms with Gasteiger partial charge in [-0.25, -0.2) is 4.79 Å². The number of halogens is 1. The van der Waals surface area contributed by atoms with E-state index in [0.29, 0.717) is 27.7 Å². The van der Waals surface area contributed by atoms with Crippen molar-refractivity contribution in [3.05, 3.63) is 72.6 Å². The molecule has 0 aliphatic heterocycles. The van der Waals surface area contributed by atoms with E-state index in [-0.39, 0.29) is 17.9 Å². The van der Waals surface area contributed by atoms with Crippen molar-refractivity contribution < 1.29 is 18.8 Å². The summed E-state index contributed by atoms with van der Waals surface area (Å²) < 4.78 is 16.4. The van der Waals surface area contributed by atoms with Gasteiger partial charge in [-0.3, -0.25) is 10.1 Å². The first-order valence-electron chi connectivity index (χ1n) is 8.70. The van der Waals surface area contributed by atoms with Crippen LogP contribution in [0.3, 0.4) is 0 Å². The molecular weight excluding hydrogens is 386 g/mol. The third-order valence-corrected chi connectivity index (χ3v) is 5.18. The van der Waals surface area contributed by atoms with E-state index in [4.69, 9.17) is 25.5 Å². The third-order valence-electron chi connectivity index (χ3n) is 4.88. The molecule has 7 nitrogen and oxygen atoms in total. The number of non-ortho nitro benzene ring substituents is 1. The molecule has 1 aromatic heterocycles. The number of methoxy groups -OCH3 is 1. The lowest BCUT2D eigenvalue weighted by molar-refractivity contribution is -0.385. The summed E-state index contributed by atoms with van der Waals surface area (Å²) >= 11 is 6.38. The number of rotatable bonds is 5. The van der Waals surface area contributed by atoms with Gasteiger partial charge in [0.25, 0.3) is 5.69 Å². The summed E-state index contributed by atoms with van der Waals surface area (Å²) in [7, 11) is 1.48. The Balaban J connectivity index is 1.69. The summed E-state index contributed by atoms with van der Waals surface area (Å²) in [6, 6.07) is 7.59. The lowest BCUT2D eigenvalue weighted by atomic mass is 10.1. The van der Waals surface area contributed by atoms with Crippen LogP contribution in [-0.2, 0) is 19.4 Å². The summed E-state index contributed by atoms with van der Waals surface area (Å²) in [6.07, 6.45) is 2.45. The third kappa shape index (κ3) is 3.18. The van der Waals surface area contributed by atoms with Crippen LogP contribution in [0.5, 0.6) is 11.5 Å². The van der Waals surface area contributed by atoms with Crippen LogP contribution in [0.4, 0.5) is 5.69 Å². The zero-order valence-electron chi connectivity index (χ0n) is 15.0. The maximum absolute atomic E-state index is 12.2. The molecule has 1 heterocycles. The summed E-state index contributed by atoms with van der Waals surface area (Å²) in [5, 5.41) is 12.2. The molecule has 0 N–H and O–H groups in total. The van der Waals surface area contributed by atoms with Crippen LogP contribution in [0.1, 0.15) is 23.1 Å². The summed E-state index contributed by atoms with van der Waals surface area (Å²) in [5.41, 5.74) is 2.23. The maximum atomic E-state index is 12.2. The van der Waals surface area contributed by atoms with Crippen LogP contribution >= 0.6 is 11.6 Å². The molecule has 0 radical (unpaired) electrons.